The van der Waals surface area contributed by atoms with Crippen molar-refractivity contribution in [2.75, 3.05) is 0 Å². The van der Waals surface area contributed by atoms with Crippen molar-refractivity contribution in [3.8, 4) is 0 Å². The number of ketones is 2. The molecular weight excluding hydrogens is 387 g/mol. The lowest BCUT2D eigenvalue weighted by atomic mass is 9.79. The number of hydrogen-bond donors (Lipinski definition) is 0. The van der Waals surface area contributed by atoms with E-state index in [0.29, 0.717) is 21.2 Å². The molecule has 6 heteroatoms. The van der Waals surface area contributed by atoms with Crippen LogP contribution in [0.15, 0.2) is 60.7 Å². The van der Waals surface area contributed by atoms with Crippen LogP contribution in [0.25, 0.3) is 0 Å². The highest BCUT2D eigenvalue weighted by Gasteiger charge is 2.44. The van der Waals surface area contributed by atoms with Crippen LogP contribution in [-0.2, 0) is 9.53 Å². The van der Waals surface area contributed by atoms with Gasteiger partial charge in [0.1, 0.15) is 5.60 Å². The highest BCUT2D eigenvalue weighted by Crippen LogP contribution is 2.34. The van der Waals surface area contributed by atoms with Gasteiger partial charge in [-0.3, -0.25) is 9.59 Å². The molecule has 2 atom stereocenters. The summed E-state index contributed by atoms with van der Waals surface area (Å²) in [6.07, 6.45) is 2.69. The molecule has 0 aromatic heterocycles. The summed E-state index contributed by atoms with van der Waals surface area (Å²) in [4.78, 5) is 37.5. The summed E-state index contributed by atoms with van der Waals surface area (Å²) in [6.45, 7) is 1.63. The van der Waals surface area contributed by atoms with Crippen molar-refractivity contribution in [1.82, 2.24) is 0 Å². The van der Waals surface area contributed by atoms with Crippen molar-refractivity contribution in [2.45, 2.75) is 18.9 Å². The second-order valence-corrected chi connectivity index (χ2v) is 7.37. The lowest BCUT2D eigenvalue weighted by molar-refractivity contribution is -0.146. The first kappa shape index (κ1) is 19.3. The molecule has 0 fully saturated rings. The molecule has 4 nitrogen and oxygen atoms in total. The number of benzene rings is 2. The largest absolute Gasteiger partial charge is 0.451 e. The molecule has 138 valence electrons. The van der Waals surface area contributed by atoms with Crippen molar-refractivity contribution in [3.05, 3.63) is 81.9 Å². The summed E-state index contributed by atoms with van der Waals surface area (Å²) in [5.74, 6) is -1.94. The Kier molecular flexibility index (Phi) is 5.49. The van der Waals surface area contributed by atoms with Gasteiger partial charge >= 0.3 is 5.97 Å². The minimum absolute atomic E-state index is 0.114. The smallest absolute Gasteiger partial charge is 0.331 e. The molecule has 0 saturated carbocycles. The van der Waals surface area contributed by atoms with Crippen LogP contribution in [-0.4, -0.2) is 23.1 Å². The Morgan fingerprint density at radius 1 is 0.963 bits per heavy atom. The van der Waals surface area contributed by atoms with Gasteiger partial charge in [-0.1, -0.05) is 23.2 Å². The minimum Gasteiger partial charge on any atom is -0.451 e. The average Bonchev–Trinajstić information content (AvgIpc) is 3.00. The van der Waals surface area contributed by atoms with E-state index in [2.05, 4.69) is 0 Å². The van der Waals surface area contributed by atoms with E-state index in [1.54, 1.807) is 55.5 Å². The second-order valence-electron chi connectivity index (χ2n) is 6.50. The average molecular weight is 403 g/mol. The summed E-state index contributed by atoms with van der Waals surface area (Å²) in [7, 11) is 0. The molecule has 0 bridgehead atoms. The predicted octanol–water partition coefficient (Wildman–Crippen LogP) is 4.94. The van der Waals surface area contributed by atoms with Gasteiger partial charge < -0.3 is 4.74 Å². The van der Waals surface area contributed by atoms with Crippen molar-refractivity contribution in [3.63, 3.8) is 0 Å². The van der Waals surface area contributed by atoms with Gasteiger partial charge in [0.05, 0.1) is 5.92 Å². The zero-order valence-electron chi connectivity index (χ0n) is 14.4. The van der Waals surface area contributed by atoms with Gasteiger partial charge in [0.2, 0.25) is 0 Å². The van der Waals surface area contributed by atoms with Crippen LogP contribution < -0.4 is 0 Å². The first-order valence-corrected chi connectivity index (χ1v) is 9.05. The fourth-order valence-electron chi connectivity index (χ4n) is 3.02. The molecule has 0 amide bonds. The highest BCUT2D eigenvalue weighted by molar-refractivity contribution is 6.31. The van der Waals surface area contributed by atoms with E-state index in [0.717, 1.165) is 0 Å². The van der Waals surface area contributed by atoms with Crippen molar-refractivity contribution in [1.29, 1.82) is 0 Å². The van der Waals surface area contributed by atoms with Crippen molar-refractivity contribution >= 4 is 40.7 Å². The standard InChI is InChI=1S/C21H16Cl2O4/c1-21(11-10-19(25)27-21)17(20(26)14-4-8-16(23)9-5-14)12-18(24)13-2-6-15(22)7-3-13/h2-11,17H,12H2,1H3/t17-,21+/m1/s1. The molecular formula is C21H16Cl2O4. The van der Waals surface area contributed by atoms with Gasteiger partial charge in [-0.25, -0.2) is 4.79 Å². The van der Waals surface area contributed by atoms with Gasteiger partial charge in [0.15, 0.2) is 11.6 Å². The van der Waals surface area contributed by atoms with Crippen LogP contribution in [0.5, 0.6) is 0 Å². The quantitative estimate of drug-likeness (QED) is 0.507. The summed E-state index contributed by atoms with van der Waals surface area (Å²) in [5.41, 5.74) is -0.369. The summed E-state index contributed by atoms with van der Waals surface area (Å²) in [5, 5.41) is 1.01. The van der Waals surface area contributed by atoms with E-state index in [1.807, 2.05) is 0 Å². The summed E-state index contributed by atoms with van der Waals surface area (Å²) < 4.78 is 5.36. The van der Waals surface area contributed by atoms with Gasteiger partial charge in [0, 0.05) is 33.7 Å². The fraction of sp³-hybridized carbons (Fsp3) is 0.190. The Hall–Kier alpha value is -2.43. The molecule has 1 aliphatic heterocycles. The maximum Gasteiger partial charge on any atom is 0.331 e. The molecule has 0 aliphatic carbocycles. The number of hydrogen-bond acceptors (Lipinski definition) is 4. The minimum atomic E-state index is -1.20. The van der Waals surface area contributed by atoms with E-state index < -0.39 is 17.5 Å². The molecule has 27 heavy (non-hydrogen) atoms. The number of rotatable bonds is 6. The number of ether oxygens (including phenoxy) is 1. The molecule has 3 rings (SSSR count). The molecule has 0 saturated heterocycles. The zero-order valence-corrected chi connectivity index (χ0v) is 16.0. The Balaban J connectivity index is 1.92. The molecule has 0 radical (unpaired) electrons. The third-order valence-electron chi connectivity index (χ3n) is 4.56. The van der Waals surface area contributed by atoms with Gasteiger partial charge in [-0.15, -0.1) is 0 Å². The number of carbonyl (C=O) groups excluding carboxylic acids is 3. The van der Waals surface area contributed by atoms with E-state index >= 15 is 0 Å². The maximum atomic E-state index is 13.1. The van der Waals surface area contributed by atoms with Crippen molar-refractivity contribution < 1.29 is 19.1 Å². The molecule has 0 unspecified atom stereocenters. The molecule has 0 spiro atoms. The summed E-state index contributed by atoms with van der Waals surface area (Å²) >= 11 is 11.8. The fourth-order valence-corrected chi connectivity index (χ4v) is 3.27. The Morgan fingerprint density at radius 2 is 1.48 bits per heavy atom. The SMILES string of the molecule is C[C@@]1([C@H](CC(=O)c2ccc(Cl)cc2)C(=O)c2ccc(Cl)cc2)C=CC(=O)O1. The number of Topliss-reactive ketones (excluding diaryl/α,β-unsaturated/α-hetero) is 2. The van der Waals surface area contributed by atoms with E-state index in [-0.39, 0.29) is 18.0 Å². The van der Waals surface area contributed by atoms with Crippen molar-refractivity contribution in [2.24, 2.45) is 5.92 Å². The van der Waals surface area contributed by atoms with Crippen LogP contribution in [0, 0.1) is 5.92 Å². The van der Waals surface area contributed by atoms with E-state index in [9.17, 15) is 14.4 Å². The van der Waals surface area contributed by atoms with Crippen LogP contribution in [0.4, 0.5) is 0 Å². The van der Waals surface area contributed by atoms with Gasteiger partial charge in [0.25, 0.3) is 0 Å². The first-order chi connectivity index (χ1) is 12.8. The molecule has 0 N–H and O–H groups in total. The van der Waals surface area contributed by atoms with Crippen LogP contribution in [0.2, 0.25) is 10.0 Å². The van der Waals surface area contributed by atoms with Crippen LogP contribution in [0.1, 0.15) is 34.1 Å². The molecule has 1 heterocycles. The molecule has 2 aromatic carbocycles. The third-order valence-corrected chi connectivity index (χ3v) is 5.07. The topological polar surface area (TPSA) is 60.4 Å². The highest BCUT2D eigenvalue weighted by atomic mass is 35.5. The van der Waals surface area contributed by atoms with E-state index in [1.165, 1.54) is 12.2 Å². The zero-order chi connectivity index (χ0) is 19.6. The predicted molar refractivity (Wildman–Crippen MR) is 103 cm³/mol. The summed E-state index contributed by atoms with van der Waals surface area (Å²) in [6, 6.07) is 12.8. The Labute approximate surface area is 166 Å². The Bertz CT molecular complexity index is 916. The van der Waals surface area contributed by atoms with Gasteiger partial charge in [-0.2, -0.15) is 0 Å². The molecule has 1 aliphatic rings. The van der Waals surface area contributed by atoms with Gasteiger partial charge in [-0.05, 0) is 61.5 Å². The lowest BCUT2D eigenvalue weighted by Gasteiger charge is -2.30. The lowest BCUT2D eigenvalue weighted by Crippen LogP contribution is -2.40. The van der Waals surface area contributed by atoms with E-state index in [4.69, 9.17) is 27.9 Å². The third kappa shape index (κ3) is 4.29. The number of cyclic esters (lactones) is 1. The Morgan fingerprint density at radius 3 is 1.96 bits per heavy atom. The monoisotopic (exact) mass is 402 g/mol. The normalized spacial score (nSPS) is 19.6. The second kappa shape index (κ2) is 7.67. The first-order valence-electron chi connectivity index (χ1n) is 8.29. The van der Waals surface area contributed by atoms with Crippen LogP contribution in [0.3, 0.4) is 0 Å². The number of carbonyl (C=O) groups is 3. The number of esters is 1. The van der Waals surface area contributed by atoms with Crippen LogP contribution >= 0.6 is 23.2 Å². The maximum absolute atomic E-state index is 13.1. The molecule has 2 aromatic rings. The number of halogens is 2.